The van der Waals surface area contributed by atoms with Gasteiger partial charge in [-0.15, -0.1) is 0 Å². The van der Waals surface area contributed by atoms with Crippen molar-refractivity contribution in [2.45, 2.75) is 5.92 Å². The van der Waals surface area contributed by atoms with Crippen molar-refractivity contribution in [1.29, 1.82) is 5.26 Å². The monoisotopic (exact) mass is 398 g/mol. The summed E-state index contributed by atoms with van der Waals surface area (Å²) in [5.41, 5.74) is 6.45. The fourth-order valence-electron chi connectivity index (χ4n) is 2.95. The number of furan rings is 1. The lowest BCUT2D eigenvalue weighted by molar-refractivity contribution is 0.366. The summed E-state index contributed by atoms with van der Waals surface area (Å²) in [5.74, 6) is 0.0895. The summed E-state index contributed by atoms with van der Waals surface area (Å²) in [5, 5.41) is 10.2. The number of ether oxygens (including phenoxy) is 1. The molecule has 0 aliphatic carbocycles. The van der Waals surface area contributed by atoms with Crippen LogP contribution in [0.4, 0.5) is 0 Å². The third-order valence-electron chi connectivity index (χ3n) is 4.16. The van der Waals surface area contributed by atoms with Crippen molar-refractivity contribution >= 4 is 23.8 Å². The number of fused-ring (bicyclic) bond motifs is 1. The van der Waals surface area contributed by atoms with E-state index in [1.165, 1.54) is 0 Å². The molecule has 1 atom stereocenters. The number of nitrogens with zero attached hydrogens (tertiary/aromatic N) is 1. The van der Waals surface area contributed by atoms with E-state index < -0.39 is 11.5 Å². The highest BCUT2D eigenvalue weighted by Gasteiger charge is 2.36. The molecule has 0 saturated heterocycles. The molecule has 1 aliphatic heterocycles. The number of aromatic amines is 2. The maximum atomic E-state index is 12.5. The molecule has 4 N–H and O–H groups in total. The summed E-state index contributed by atoms with van der Waals surface area (Å²) >= 11 is 10.9. The molecule has 1 aromatic carbocycles. The number of nitrogens with two attached hydrogens (primary N) is 1. The van der Waals surface area contributed by atoms with E-state index in [1.807, 2.05) is 18.2 Å². The molecule has 27 heavy (non-hydrogen) atoms. The molecule has 9 heteroatoms. The fourth-order valence-corrected chi connectivity index (χ4v) is 3.26. The van der Waals surface area contributed by atoms with Crippen molar-refractivity contribution in [3.63, 3.8) is 0 Å². The van der Waals surface area contributed by atoms with Crippen LogP contribution in [-0.2, 0) is 0 Å². The molecular weight excluding hydrogens is 388 g/mol. The van der Waals surface area contributed by atoms with Gasteiger partial charge in [-0.2, -0.15) is 5.26 Å². The molecule has 0 bridgehead atoms. The Balaban J connectivity index is 1.88. The SMILES string of the molecule is N#CC1=C(N)Oc2[nH]c(=S)[nH]c(=O)c2C1c1ccc(-c2ccc(Cl)cc2)o1. The van der Waals surface area contributed by atoms with Gasteiger partial charge >= 0.3 is 0 Å². The van der Waals surface area contributed by atoms with Crippen LogP contribution < -0.4 is 16.0 Å². The summed E-state index contributed by atoms with van der Waals surface area (Å²) < 4.78 is 11.4. The van der Waals surface area contributed by atoms with Crippen molar-refractivity contribution in [3.8, 4) is 23.3 Å². The predicted octanol–water partition coefficient (Wildman–Crippen LogP) is 3.56. The van der Waals surface area contributed by atoms with Gasteiger partial charge in [0, 0.05) is 10.6 Å². The van der Waals surface area contributed by atoms with Gasteiger partial charge in [-0.3, -0.25) is 9.78 Å². The topological polar surface area (TPSA) is 121 Å². The van der Waals surface area contributed by atoms with Gasteiger partial charge in [-0.05, 0) is 48.6 Å². The minimum Gasteiger partial charge on any atom is -0.460 e. The van der Waals surface area contributed by atoms with E-state index >= 15 is 0 Å². The first-order valence-electron chi connectivity index (χ1n) is 7.77. The maximum Gasteiger partial charge on any atom is 0.259 e. The van der Waals surface area contributed by atoms with Crippen LogP contribution in [0.5, 0.6) is 5.88 Å². The lowest BCUT2D eigenvalue weighted by Gasteiger charge is -2.23. The molecule has 0 radical (unpaired) electrons. The van der Waals surface area contributed by atoms with Gasteiger partial charge in [0.25, 0.3) is 5.56 Å². The number of aromatic nitrogens is 2. The van der Waals surface area contributed by atoms with Crippen LogP contribution in [0.25, 0.3) is 11.3 Å². The van der Waals surface area contributed by atoms with E-state index in [4.69, 9.17) is 38.7 Å². The zero-order valence-electron chi connectivity index (χ0n) is 13.6. The quantitative estimate of drug-likeness (QED) is 0.567. The Kier molecular flexibility index (Phi) is 4.11. The van der Waals surface area contributed by atoms with Crippen LogP contribution in [0, 0.1) is 16.1 Å². The number of hydrogen-bond donors (Lipinski definition) is 3. The largest absolute Gasteiger partial charge is 0.460 e. The van der Waals surface area contributed by atoms with Gasteiger partial charge in [0.2, 0.25) is 11.8 Å². The van der Waals surface area contributed by atoms with Crippen LogP contribution in [0.3, 0.4) is 0 Å². The van der Waals surface area contributed by atoms with E-state index in [0.29, 0.717) is 16.5 Å². The van der Waals surface area contributed by atoms with Crippen molar-refractivity contribution < 1.29 is 9.15 Å². The molecule has 1 aliphatic rings. The van der Waals surface area contributed by atoms with Gasteiger partial charge < -0.3 is 19.9 Å². The molecule has 4 rings (SSSR count). The molecule has 0 amide bonds. The van der Waals surface area contributed by atoms with Gasteiger partial charge in [0.15, 0.2) is 4.77 Å². The Bertz CT molecular complexity index is 1230. The lowest BCUT2D eigenvalue weighted by atomic mass is 9.89. The van der Waals surface area contributed by atoms with Crippen LogP contribution in [0.1, 0.15) is 17.2 Å². The number of nitrogens with one attached hydrogen (secondary N) is 2. The van der Waals surface area contributed by atoms with Crippen LogP contribution in [0.15, 0.2) is 57.1 Å². The number of nitriles is 1. The second-order valence-electron chi connectivity index (χ2n) is 5.78. The normalized spacial score (nSPS) is 15.8. The van der Waals surface area contributed by atoms with Gasteiger partial charge in [0.05, 0.1) is 11.5 Å². The Morgan fingerprint density at radius 1 is 1.19 bits per heavy atom. The standard InChI is InChI=1S/C18H11ClN4O3S/c19-9-3-1-8(2-4-9)11-5-6-12(25-11)13-10(7-20)15(21)26-17-14(13)16(24)22-18(27)23-17/h1-6,13H,21H2,(H2,22,23,24,27). The predicted molar refractivity (Wildman–Crippen MR) is 101 cm³/mol. The summed E-state index contributed by atoms with van der Waals surface area (Å²) in [6.07, 6.45) is 0. The molecule has 0 fully saturated rings. The lowest BCUT2D eigenvalue weighted by Crippen LogP contribution is -2.28. The zero-order chi connectivity index (χ0) is 19.1. The number of hydrogen-bond acceptors (Lipinski definition) is 6. The average molecular weight is 399 g/mol. The van der Waals surface area contributed by atoms with Crippen molar-refractivity contribution in [2.24, 2.45) is 5.73 Å². The highest BCUT2D eigenvalue weighted by Crippen LogP contribution is 2.40. The molecular formula is C18H11ClN4O3S. The summed E-state index contributed by atoms with van der Waals surface area (Å²) in [6, 6.07) is 12.5. The first kappa shape index (κ1) is 17.1. The maximum absolute atomic E-state index is 12.5. The first-order valence-corrected chi connectivity index (χ1v) is 8.56. The minimum atomic E-state index is -0.824. The van der Waals surface area contributed by atoms with Crippen LogP contribution in [-0.4, -0.2) is 9.97 Å². The molecule has 3 heterocycles. The molecule has 3 aromatic rings. The van der Waals surface area contributed by atoms with Gasteiger partial charge in [0.1, 0.15) is 23.2 Å². The van der Waals surface area contributed by atoms with E-state index in [1.54, 1.807) is 24.3 Å². The summed E-state index contributed by atoms with van der Waals surface area (Å²) in [6.45, 7) is 0. The zero-order valence-corrected chi connectivity index (χ0v) is 15.1. The Labute approximate surface area is 162 Å². The fraction of sp³-hybridized carbons (Fsp3) is 0.0556. The van der Waals surface area contributed by atoms with E-state index in [2.05, 4.69) is 9.97 Å². The van der Waals surface area contributed by atoms with Crippen molar-refractivity contribution in [1.82, 2.24) is 9.97 Å². The molecule has 2 aromatic heterocycles. The Morgan fingerprint density at radius 3 is 2.63 bits per heavy atom. The third kappa shape index (κ3) is 2.93. The van der Waals surface area contributed by atoms with Gasteiger partial charge in [-0.25, -0.2) is 0 Å². The summed E-state index contributed by atoms with van der Waals surface area (Å²) in [4.78, 5) is 17.7. The number of H-pyrrole nitrogens is 2. The molecule has 0 saturated carbocycles. The number of rotatable bonds is 2. The van der Waals surface area contributed by atoms with E-state index in [0.717, 1.165) is 5.56 Å². The third-order valence-corrected chi connectivity index (χ3v) is 4.61. The average Bonchev–Trinajstić information content (AvgIpc) is 3.10. The number of benzene rings is 1. The van der Waals surface area contributed by atoms with Crippen molar-refractivity contribution in [2.75, 3.05) is 0 Å². The van der Waals surface area contributed by atoms with Gasteiger partial charge in [-0.1, -0.05) is 11.6 Å². The molecule has 134 valence electrons. The number of halogens is 1. The highest BCUT2D eigenvalue weighted by atomic mass is 35.5. The number of allylic oxidation sites excluding steroid dienone is 1. The van der Waals surface area contributed by atoms with E-state index in [-0.39, 0.29) is 27.7 Å². The minimum absolute atomic E-state index is 0.0792. The first-order chi connectivity index (χ1) is 13.0. The van der Waals surface area contributed by atoms with Crippen LogP contribution >= 0.6 is 23.8 Å². The molecule has 0 spiro atoms. The smallest absolute Gasteiger partial charge is 0.259 e. The molecule has 7 nitrogen and oxygen atoms in total. The Morgan fingerprint density at radius 2 is 1.93 bits per heavy atom. The van der Waals surface area contributed by atoms with Crippen molar-refractivity contribution in [3.05, 3.63) is 79.3 Å². The summed E-state index contributed by atoms with van der Waals surface area (Å²) in [7, 11) is 0. The Hall–Kier alpha value is -3.28. The van der Waals surface area contributed by atoms with Crippen LogP contribution in [0.2, 0.25) is 5.02 Å². The molecule has 1 unspecified atom stereocenters. The second kappa shape index (κ2) is 6.46. The van der Waals surface area contributed by atoms with E-state index in [9.17, 15) is 10.1 Å². The second-order valence-corrected chi connectivity index (χ2v) is 6.63. The highest BCUT2D eigenvalue weighted by molar-refractivity contribution is 7.71.